The number of alkyl halides is 1. The highest BCUT2D eigenvalue weighted by Crippen LogP contribution is 2.25. The SMILES string of the molecule is CN(C(=O)OC(C)(C)C)[C@@H](CC(C)(C)F)C(=O)OC(Cc1ccc(C2=CCOCC2)cc1)C(=O)OCc1ccccc1. The first-order chi connectivity index (χ1) is 19.7. The third-order valence-electron chi connectivity index (χ3n) is 6.55. The zero-order valence-electron chi connectivity index (χ0n) is 25.4. The minimum Gasteiger partial charge on any atom is -0.458 e. The van der Waals surface area contributed by atoms with Crippen LogP contribution in [0.4, 0.5) is 9.18 Å². The van der Waals surface area contributed by atoms with Crippen LogP contribution in [0, 0.1) is 0 Å². The molecule has 1 unspecified atom stereocenters. The molecule has 0 saturated carbocycles. The lowest BCUT2D eigenvalue weighted by atomic mass is 9.98. The van der Waals surface area contributed by atoms with Gasteiger partial charge in [0.15, 0.2) is 0 Å². The minimum absolute atomic E-state index is 0.0123. The Morgan fingerprint density at radius 1 is 0.952 bits per heavy atom. The van der Waals surface area contributed by atoms with Gasteiger partial charge < -0.3 is 18.9 Å². The number of hydrogen-bond donors (Lipinski definition) is 0. The molecule has 0 aromatic heterocycles. The topological polar surface area (TPSA) is 91.4 Å². The second-order valence-electron chi connectivity index (χ2n) is 12.0. The van der Waals surface area contributed by atoms with Crippen LogP contribution in [0.3, 0.4) is 0 Å². The average molecular weight is 584 g/mol. The third-order valence-corrected chi connectivity index (χ3v) is 6.55. The number of rotatable bonds is 11. The summed E-state index contributed by atoms with van der Waals surface area (Å²) in [6, 6.07) is 15.4. The number of carbonyl (C=O) groups is 3. The van der Waals surface area contributed by atoms with Crippen molar-refractivity contribution < 1.29 is 37.7 Å². The number of amides is 1. The Morgan fingerprint density at radius 3 is 2.19 bits per heavy atom. The van der Waals surface area contributed by atoms with E-state index < -0.39 is 41.4 Å². The standard InChI is InChI=1S/C33H42FNO7/c1-32(2,3)42-31(38)35(6)27(21-33(4,5)34)29(36)41-28(30(37)40-22-24-10-8-7-9-11-24)20-23-12-14-25(15-13-23)26-16-18-39-19-17-26/h7-16,27-28H,17-22H2,1-6H3/t27-,28?/m0/s1. The molecule has 0 aliphatic carbocycles. The van der Waals surface area contributed by atoms with Crippen LogP contribution >= 0.6 is 0 Å². The van der Waals surface area contributed by atoms with E-state index in [4.69, 9.17) is 18.9 Å². The summed E-state index contributed by atoms with van der Waals surface area (Å²) in [6.07, 6.45) is 0.382. The van der Waals surface area contributed by atoms with E-state index in [0.29, 0.717) is 13.2 Å². The second kappa shape index (κ2) is 14.4. The first-order valence-electron chi connectivity index (χ1n) is 14.1. The van der Waals surface area contributed by atoms with Gasteiger partial charge in [-0.25, -0.2) is 18.8 Å². The van der Waals surface area contributed by atoms with Crippen LogP contribution in [-0.4, -0.2) is 66.6 Å². The molecule has 0 saturated heterocycles. The first-order valence-corrected chi connectivity index (χ1v) is 14.1. The first kappa shape index (κ1) is 32.8. The smallest absolute Gasteiger partial charge is 0.410 e. The van der Waals surface area contributed by atoms with Crippen LogP contribution < -0.4 is 0 Å². The van der Waals surface area contributed by atoms with Crippen LogP contribution in [0.25, 0.3) is 5.57 Å². The molecule has 228 valence electrons. The van der Waals surface area contributed by atoms with Gasteiger partial charge in [0.1, 0.15) is 23.9 Å². The van der Waals surface area contributed by atoms with E-state index in [1.807, 2.05) is 60.7 Å². The largest absolute Gasteiger partial charge is 0.458 e. The van der Waals surface area contributed by atoms with Crippen molar-refractivity contribution in [2.75, 3.05) is 20.3 Å². The van der Waals surface area contributed by atoms with Gasteiger partial charge in [-0.2, -0.15) is 0 Å². The van der Waals surface area contributed by atoms with E-state index in [2.05, 4.69) is 0 Å². The number of hydrogen-bond acceptors (Lipinski definition) is 7. The molecule has 0 bridgehead atoms. The number of halogens is 1. The summed E-state index contributed by atoms with van der Waals surface area (Å²) in [5, 5.41) is 0. The minimum atomic E-state index is -1.82. The van der Waals surface area contributed by atoms with E-state index in [0.717, 1.165) is 28.0 Å². The lowest BCUT2D eigenvalue weighted by molar-refractivity contribution is -0.172. The highest BCUT2D eigenvalue weighted by Gasteiger charge is 2.38. The Labute approximate surface area is 247 Å². The molecule has 0 N–H and O–H groups in total. The number of esters is 2. The molecule has 2 atom stereocenters. The molecule has 2 aromatic carbocycles. The molecular formula is C33H42FNO7. The summed E-state index contributed by atoms with van der Waals surface area (Å²) in [6.45, 7) is 8.88. The second-order valence-corrected chi connectivity index (χ2v) is 12.0. The lowest BCUT2D eigenvalue weighted by Gasteiger charge is -2.32. The van der Waals surface area contributed by atoms with Crippen molar-refractivity contribution in [2.24, 2.45) is 0 Å². The monoisotopic (exact) mass is 583 g/mol. The molecule has 0 radical (unpaired) electrons. The summed E-state index contributed by atoms with van der Waals surface area (Å²) < 4.78 is 36.8. The van der Waals surface area contributed by atoms with Crippen molar-refractivity contribution in [1.29, 1.82) is 0 Å². The third kappa shape index (κ3) is 10.6. The summed E-state index contributed by atoms with van der Waals surface area (Å²) in [5.41, 5.74) is 1.08. The molecule has 1 aliphatic heterocycles. The molecule has 8 nitrogen and oxygen atoms in total. The van der Waals surface area contributed by atoms with E-state index in [-0.39, 0.29) is 19.4 Å². The van der Waals surface area contributed by atoms with Crippen LogP contribution in [0.1, 0.15) is 64.2 Å². The Balaban J connectivity index is 1.82. The van der Waals surface area contributed by atoms with Gasteiger partial charge in [0.05, 0.1) is 13.2 Å². The molecular weight excluding hydrogens is 541 g/mol. The van der Waals surface area contributed by atoms with Gasteiger partial charge in [0.2, 0.25) is 6.10 Å². The fourth-order valence-electron chi connectivity index (χ4n) is 4.37. The highest BCUT2D eigenvalue weighted by atomic mass is 19.1. The number of carbonyl (C=O) groups excluding carboxylic acids is 3. The lowest BCUT2D eigenvalue weighted by Crippen LogP contribution is -2.49. The number of likely N-dealkylation sites (N-methyl/N-ethyl adjacent to an activating group) is 1. The van der Waals surface area contributed by atoms with Gasteiger partial charge in [-0.05, 0) is 63.3 Å². The van der Waals surface area contributed by atoms with Crippen molar-refractivity contribution in [3.05, 3.63) is 77.4 Å². The van der Waals surface area contributed by atoms with Gasteiger partial charge in [-0.15, -0.1) is 0 Å². The van der Waals surface area contributed by atoms with E-state index >= 15 is 0 Å². The maximum absolute atomic E-state index is 14.8. The van der Waals surface area contributed by atoms with Crippen LogP contribution in [0.2, 0.25) is 0 Å². The van der Waals surface area contributed by atoms with Gasteiger partial charge >= 0.3 is 18.0 Å². The fraction of sp³-hybridized carbons (Fsp3) is 0.485. The fourth-order valence-corrected chi connectivity index (χ4v) is 4.37. The molecule has 3 rings (SSSR count). The number of benzene rings is 2. The molecule has 42 heavy (non-hydrogen) atoms. The molecule has 0 fully saturated rings. The zero-order valence-corrected chi connectivity index (χ0v) is 25.4. The molecule has 0 spiro atoms. The van der Waals surface area contributed by atoms with Crippen molar-refractivity contribution in [2.45, 2.75) is 83.9 Å². The van der Waals surface area contributed by atoms with E-state index in [1.165, 1.54) is 26.5 Å². The quantitative estimate of drug-likeness (QED) is 0.235. The Hall–Kier alpha value is -3.72. The van der Waals surface area contributed by atoms with Crippen molar-refractivity contribution in [3.8, 4) is 0 Å². The molecule has 2 aromatic rings. The van der Waals surface area contributed by atoms with Gasteiger partial charge in [0, 0.05) is 19.9 Å². The molecule has 1 aliphatic rings. The van der Waals surface area contributed by atoms with Crippen LogP contribution in [0.5, 0.6) is 0 Å². The average Bonchev–Trinajstić information content (AvgIpc) is 2.94. The van der Waals surface area contributed by atoms with Crippen molar-refractivity contribution in [3.63, 3.8) is 0 Å². The Bertz CT molecular complexity index is 1230. The van der Waals surface area contributed by atoms with E-state index in [9.17, 15) is 18.8 Å². The van der Waals surface area contributed by atoms with Gasteiger partial charge in [0.25, 0.3) is 0 Å². The number of nitrogens with zero attached hydrogens (tertiary/aromatic N) is 1. The van der Waals surface area contributed by atoms with Gasteiger partial charge in [-0.1, -0.05) is 60.7 Å². The zero-order chi connectivity index (χ0) is 30.9. The van der Waals surface area contributed by atoms with Crippen LogP contribution in [0.15, 0.2) is 60.7 Å². The maximum Gasteiger partial charge on any atom is 0.410 e. The number of ether oxygens (including phenoxy) is 4. The summed E-state index contributed by atoms with van der Waals surface area (Å²) in [5.74, 6) is -1.68. The molecule has 1 amide bonds. The summed E-state index contributed by atoms with van der Waals surface area (Å²) in [4.78, 5) is 40.6. The summed E-state index contributed by atoms with van der Waals surface area (Å²) >= 11 is 0. The Kier molecular flexibility index (Phi) is 11.3. The van der Waals surface area contributed by atoms with E-state index in [1.54, 1.807) is 20.8 Å². The molecule has 9 heteroatoms. The highest BCUT2D eigenvalue weighted by molar-refractivity contribution is 5.85. The summed E-state index contributed by atoms with van der Waals surface area (Å²) in [7, 11) is 1.35. The van der Waals surface area contributed by atoms with Crippen molar-refractivity contribution >= 4 is 23.6 Å². The predicted molar refractivity (Wildman–Crippen MR) is 157 cm³/mol. The normalized spacial score (nSPS) is 15.2. The van der Waals surface area contributed by atoms with Gasteiger partial charge in [-0.3, -0.25) is 4.90 Å². The molecule has 1 heterocycles. The van der Waals surface area contributed by atoms with Crippen LogP contribution in [-0.2, 0) is 41.6 Å². The Morgan fingerprint density at radius 2 is 1.62 bits per heavy atom. The predicted octanol–water partition coefficient (Wildman–Crippen LogP) is 6.06. The van der Waals surface area contributed by atoms with Crippen molar-refractivity contribution in [1.82, 2.24) is 4.90 Å². The maximum atomic E-state index is 14.8.